The summed E-state index contributed by atoms with van der Waals surface area (Å²) in [5.74, 6) is -1.56. The van der Waals surface area contributed by atoms with Gasteiger partial charge in [-0.05, 0) is 29.2 Å². The third kappa shape index (κ3) is 3.51. The van der Waals surface area contributed by atoms with Gasteiger partial charge in [0, 0.05) is 6.42 Å². The summed E-state index contributed by atoms with van der Waals surface area (Å²) in [6, 6.07) is 5.07. The SMILES string of the molecule is O=C(N[C@H](Cc1ccc(O)cc1)C(=O)O)c1cnns1. The first-order valence-corrected chi connectivity index (χ1v) is 6.42. The van der Waals surface area contributed by atoms with Crippen molar-refractivity contribution in [3.05, 3.63) is 40.9 Å². The molecule has 20 heavy (non-hydrogen) atoms. The molecule has 2 rings (SSSR count). The van der Waals surface area contributed by atoms with E-state index in [9.17, 15) is 14.7 Å². The molecule has 0 unspecified atom stereocenters. The number of rotatable bonds is 5. The van der Waals surface area contributed by atoms with Gasteiger partial charge in [0.2, 0.25) is 0 Å². The van der Waals surface area contributed by atoms with Crippen LogP contribution < -0.4 is 5.32 Å². The largest absolute Gasteiger partial charge is 0.508 e. The van der Waals surface area contributed by atoms with Crippen LogP contribution in [-0.2, 0) is 11.2 Å². The van der Waals surface area contributed by atoms with Crippen LogP contribution >= 0.6 is 11.5 Å². The van der Waals surface area contributed by atoms with E-state index in [1.54, 1.807) is 12.1 Å². The van der Waals surface area contributed by atoms with E-state index in [0.29, 0.717) is 5.56 Å². The maximum atomic E-state index is 11.8. The van der Waals surface area contributed by atoms with Gasteiger partial charge in [0.15, 0.2) is 0 Å². The van der Waals surface area contributed by atoms with Crippen LogP contribution in [0.15, 0.2) is 30.5 Å². The summed E-state index contributed by atoms with van der Waals surface area (Å²) in [5, 5.41) is 24.2. The molecule has 7 nitrogen and oxygen atoms in total. The molecule has 0 fully saturated rings. The number of carbonyl (C=O) groups is 2. The zero-order valence-corrected chi connectivity index (χ0v) is 11.0. The van der Waals surface area contributed by atoms with Gasteiger partial charge in [-0.2, -0.15) is 0 Å². The second-order valence-electron chi connectivity index (χ2n) is 4.02. The molecule has 1 atom stereocenters. The van der Waals surface area contributed by atoms with Crippen molar-refractivity contribution in [3.63, 3.8) is 0 Å². The molecule has 0 bridgehead atoms. The molecule has 0 saturated carbocycles. The predicted octanol–water partition coefficient (Wildman–Crippen LogP) is 0.669. The first kappa shape index (κ1) is 13.9. The molecule has 3 N–H and O–H groups in total. The van der Waals surface area contributed by atoms with Crippen molar-refractivity contribution in [1.29, 1.82) is 0 Å². The minimum Gasteiger partial charge on any atom is -0.508 e. The average Bonchev–Trinajstić information content (AvgIpc) is 2.94. The van der Waals surface area contributed by atoms with Gasteiger partial charge in [0.05, 0.1) is 6.20 Å². The van der Waals surface area contributed by atoms with E-state index >= 15 is 0 Å². The number of benzene rings is 1. The van der Waals surface area contributed by atoms with Crippen LogP contribution in [0, 0.1) is 0 Å². The van der Waals surface area contributed by atoms with Crippen LogP contribution in [0.1, 0.15) is 15.2 Å². The molecular formula is C12H11N3O4S. The lowest BCUT2D eigenvalue weighted by Crippen LogP contribution is -2.42. The van der Waals surface area contributed by atoms with Crippen molar-refractivity contribution in [1.82, 2.24) is 14.9 Å². The summed E-state index contributed by atoms with van der Waals surface area (Å²) in [5.41, 5.74) is 0.693. The van der Waals surface area contributed by atoms with Gasteiger partial charge in [-0.15, -0.1) is 5.10 Å². The number of hydrogen-bond donors (Lipinski definition) is 3. The van der Waals surface area contributed by atoms with E-state index in [2.05, 4.69) is 14.9 Å². The molecule has 0 aliphatic rings. The van der Waals surface area contributed by atoms with E-state index in [1.807, 2.05) is 0 Å². The van der Waals surface area contributed by atoms with E-state index < -0.39 is 17.9 Å². The van der Waals surface area contributed by atoms with Crippen molar-refractivity contribution in [3.8, 4) is 5.75 Å². The van der Waals surface area contributed by atoms with Gasteiger partial charge in [0.1, 0.15) is 16.7 Å². The average molecular weight is 293 g/mol. The van der Waals surface area contributed by atoms with Gasteiger partial charge < -0.3 is 15.5 Å². The molecule has 0 aliphatic heterocycles. The second kappa shape index (κ2) is 6.11. The number of carboxylic acids is 1. The number of phenolic OH excluding ortho intramolecular Hbond substituents is 1. The van der Waals surface area contributed by atoms with Gasteiger partial charge in [0.25, 0.3) is 5.91 Å². The van der Waals surface area contributed by atoms with Crippen molar-refractivity contribution in [2.24, 2.45) is 0 Å². The van der Waals surface area contributed by atoms with E-state index in [0.717, 1.165) is 11.5 Å². The Bertz CT molecular complexity index is 598. The van der Waals surface area contributed by atoms with Crippen LogP contribution in [0.4, 0.5) is 0 Å². The molecule has 0 spiro atoms. The number of carboxylic acid groups (broad SMARTS) is 1. The number of carbonyl (C=O) groups excluding carboxylic acids is 1. The third-order valence-electron chi connectivity index (χ3n) is 2.56. The number of nitrogens with zero attached hydrogens (tertiary/aromatic N) is 2. The summed E-state index contributed by atoms with van der Waals surface area (Å²) in [4.78, 5) is 23.2. The summed E-state index contributed by atoms with van der Waals surface area (Å²) >= 11 is 0.894. The molecule has 0 saturated heterocycles. The van der Waals surface area contributed by atoms with Crippen LogP contribution in [0.2, 0.25) is 0 Å². The molecular weight excluding hydrogens is 282 g/mol. The first-order valence-electron chi connectivity index (χ1n) is 5.65. The predicted molar refractivity (Wildman–Crippen MR) is 70.6 cm³/mol. The molecule has 104 valence electrons. The Morgan fingerprint density at radius 1 is 1.30 bits per heavy atom. The normalized spacial score (nSPS) is 11.8. The van der Waals surface area contributed by atoms with Crippen molar-refractivity contribution >= 4 is 23.4 Å². The highest BCUT2D eigenvalue weighted by Gasteiger charge is 2.22. The quantitative estimate of drug-likeness (QED) is 0.747. The summed E-state index contributed by atoms with van der Waals surface area (Å²) < 4.78 is 3.54. The van der Waals surface area contributed by atoms with Crippen molar-refractivity contribution in [2.45, 2.75) is 12.5 Å². The van der Waals surface area contributed by atoms with Crippen LogP contribution in [0.25, 0.3) is 0 Å². The Morgan fingerprint density at radius 3 is 2.55 bits per heavy atom. The number of phenols is 1. The van der Waals surface area contributed by atoms with E-state index in [4.69, 9.17) is 5.11 Å². The first-order chi connectivity index (χ1) is 9.56. The van der Waals surface area contributed by atoms with Gasteiger partial charge in [-0.25, -0.2) is 4.79 Å². The molecule has 1 amide bonds. The fourth-order valence-electron chi connectivity index (χ4n) is 1.56. The number of aromatic nitrogens is 2. The lowest BCUT2D eigenvalue weighted by molar-refractivity contribution is -0.139. The Kier molecular flexibility index (Phi) is 4.26. The maximum absolute atomic E-state index is 11.8. The lowest BCUT2D eigenvalue weighted by Gasteiger charge is -2.13. The highest BCUT2D eigenvalue weighted by atomic mass is 32.1. The highest BCUT2D eigenvalue weighted by Crippen LogP contribution is 2.12. The Hall–Kier alpha value is -2.48. The zero-order valence-electron chi connectivity index (χ0n) is 10.2. The third-order valence-corrected chi connectivity index (χ3v) is 3.23. The van der Waals surface area contributed by atoms with E-state index in [-0.39, 0.29) is 17.0 Å². The minimum absolute atomic E-state index is 0.0976. The fourth-order valence-corrected chi connectivity index (χ4v) is 1.98. The maximum Gasteiger partial charge on any atom is 0.326 e. The lowest BCUT2D eigenvalue weighted by atomic mass is 10.1. The smallest absolute Gasteiger partial charge is 0.326 e. The van der Waals surface area contributed by atoms with Crippen molar-refractivity contribution in [2.75, 3.05) is 0 Å². The standard InChI is InChI=1S/C12H11N3O4S/c16-8-3-1-7(2-4-8)5-9(12(18)19)14-11(17)10-6-13-15-20-10/h1-4,6,9,16H,5H2,(H,14,17)(H,18,19)/t9-/m1/s1. The van der Waals surface area contributed by atoms with Gasteiger partial charge in [-0.3, -0.25) is 4.79 Å². The van der Waals surface area contributed by atoms with Crippen LogP contribution in [0.5, 0.6) is 5.75 Å². The Morgan fingerprint density at radius 2 is 2.00 bits per heavy atom. The Labute approximate surface area is 118 Å². The van der Waals surface area contributed by atoms with Crippen molar-refractivity contribution < 1.29 is 19.8 Å². The van der Waals surface area contributed by atoms with Crippen LogP contribution in [0.3, 0.4) is 0 Å². The molecule has 1 aromatic carbocycles. The molecule has 0 aliphatic carbocycles. The number of aromatic hydroxyl groups is 1. The molecule has 1 heterocycles. The number of nitrogens with one attached hydrogen (secondary N) is 1. The minimum atomic E-state index is -1.14. The molecule has 2 aromatic rings. The van der Waals surface area contributed by atoms with E-state index in [1.165, 1.54) is 18.3 Å². The monoisotopic (exact) mass is 293 g/mol. The van der Waals surface area contributed by atoms with Gasteiger partial charge in [-0.1, -0.05) is 16.6 Å². The number of aliphatic carboxylic acids is 1. The summed E-state index contributed by atoms with van der Waals surface area (Å²) in [6.45, 7) is 0. The topological polar surface area (TPSA) is 112 Å². The fraction of sp³-hybridized carbons (Fsp3) is 0.167. The Balaban J connectivity index is 2.06. The molecule has 0 radical (unpaired) electrons. The zero-order chi connectivity index (χ0) is 14.5. The molecule has 8 heteroatoms. The summed E-state index contributed by atoms with van der Waals surface area (Å²) in [6.07, 6.45) is 1.40. The second-order valence-corrected chi connectivity index (χ2v) is 4.80. The van der Waals surface area contributed by atoms with Gasteiger partial charge >= 0.3 is 5.97 Å². The van der Waals surface area contributed by atoms with Crippen LogP contribution in [-0.4, -0.2) is 37.7 Å². The highest BCUT2D eigenvalue weighted by molar-refractivity contribution is 7.07. The number of hydrogen-bond acceptors (Lipinski definition) is 6. The molecule has 1 aromatic heterocycles. The number of amides is 1. The summed E-state index contributed by atoms with van der Waals surface area (Å²) in [7, 11) is 0.